The van der Waals surface area contributed by atoms with E-state index in [2.05, 4.69) is 38.2 Å². The van der Waals surface area contributed by atoms with E-state index in [1.165, 1.54) is 70.6 Å². The van der Waals surface area contributed by atoms with Gasteiger partial charge in [-0.25, -0.2) is 9.78 Å². The summed E-state index contributed by atoms with van der Waals surface area (Å²) in [7, 11) is 0. The molecule has 204 valence electrons. The minimum absolute atomic E-state index is 0.215. The third kappa shape index (κ3) is 33.5. The first kappa shape index (κ1) is 35.5. The Balaban J connectivity index is 0. The summed E-state index contributed by atoms with van der Waals surface area (Å²) >= 11 is 0. The minimum Gasteiger partial charge on any atom is -0.396 e. The lowest BCUT2D eigenvalue weighted by Crippen LogP contribution is -2.27. The van der Waals surface area contributed by atoms with Crippen LogP contribution in [-0.4, -0.2) is 35.6 Å². The van der Waals surface area contributed by atoms with Crippen molar-refractivity contribution in [3.63, 3.8) is 0 Å². The van der Waals surface area contributed by atoms with E-state index in [0.29, 0.717) is 12.7 Å². The van der Waals surface area contributed by atoms with Gasteiger partial charge in [0.15, 0.2) is 0 Å². The molecule has 0 amide bonds. The number of hydrogen-bond donors (Lipinski definition) is 1. The van der Waals surface area contributed by atoms with Gasteiger partial charge < -0.3 is 9.84 Å². The third-order valence-corrected chi connectivity index (χ3v) is 4.75. The van der Waals surface area contributed by atoms with E-state index in [4.69, 9.17) is 19.6 Å². The maximum absolute atomic E-state index is 8.20. The molecule has 0 aliphatic heterocycles. The van der Waals surface area contributed by atoms with Crippen LogP contribution in [0.5, 0.6) is 0 Å². The molecule has 0 aromatic heterocycles. The zero-order valence-electron chi connectivity index (χ0n) is 24.2. The molecule has 2 aliphatic carbocycles. The molecule has 2 aliphatic rings. The molecule has 1 atom stereocenters. The van der Waals surface area contributed by atoms with Crippen molar-refractivity contribution in [2.24, 2.45) is 0 Å². The number of aliphatic hydroxyl groups is 1. The van der Waals surface area contributed by atoms with Gasteiger partial charge in [0.1, 0.15) is 0 Å². The molecule has 34 heavy (non-hydrogen) atoms. The van der Waals surface area contributed by atoms with Crippen molar-refractivity contribution in [2.75, 3.05) is 13.2 Å². The van der Waals surface area contributed by atoms with E-state index in [1.54, 1.807) is 0 Å². The van der Waals surface area contributed by atoms with Crippen LogP contribution < -0.4 is 0 Å². The summed E-state index contributed by atoms with van der Waals surface area (Å²) in [6.07, 6.45) is 25.8. The van der Waals surface area contributed by atoms with Crippen LogP contribution in [-0.2, 0) is 14.5 Å². The number of hydrogen-bond acceptors (Lipinski definition) is 4. The van der Waals surface area contributed by atoms with Gasteiger partial charge in [0.05, 0.1) is 17.3 Å². The monoisotopic (exact) mass is 484 g/mol. The van der Waals surface area contributed by atoms with E-state index < -0.39 is 0 Å². The normalized spacial score (nSPS) is 17.5. The Morgan fingerprint density at radius 2 is 1.21 bits per heavy atom. The van der Waals surface area contributed by atoms with Crippen molar-refractivity contribution < 1.29 is 19.6 Å². The molecular formula is C30H60O4. The fraction of sp³-hybridized carbons (Fsp3) is 0.867. The first-order chi connectivity index (χ1) is 16.1. The Kier molecular flexibility index (Phi) is 25.1. The smallest absolute Gasteiger partial charge is 0.0952 e. The lowest BCUT2D eigenvalue weighted by Gasteiger charge is -2.24. The van der Waals surface area contributed by atoms with Gasteiger partial charge >= 0.3 is 0 Å². The molecule has 0 saturated carbocycles. The topological polar surface area (TPSA) is 47.9 Å². The van der Waals surface area contributed by atoms with Crippen LogP contribution in [0, 0.1) is 0 Å². The van der Waals surface area contributed by atoms with E-state index in [0.717, 1.165) is 19.4 Å². The van der Waals surface area contributed by atoms with Gasteiger partial charge in [0.25, 0.3) is 0 Å². The fourth-order valence-electron chi connectivity index (χ4n) is 2.88. The Morgan fingerprint density at radius 1 is 0.706 bits per heavy atom. The van der Waals surface area contributed by atoms with E-state index in [9.17, 15) is 0 Å². The Hall–Kier alpha value is -0.680. The molecule has 0 radical (unpaired) electrons. The van der Waals surface area contributed by atoms with Gasteiger partial charge in [0, 0.05) is 13.2 Å². The van der Waals surface area contributed by atoms with Crippen LogP contribution >= 0.6 is 0 Å². The highest BCUT2D eigenvalue weighted by Crippen LogP contribution is 2.15. The number of unbranched alkanes of at least 4 members (excludes halogenated alkanes) is 4. The van der Waals surface area contributed by atoms with E-state index in [-0.39, 0.29) is 11.2 Å². The van der Waals surface area contributed by atoms with Crippen molar-refractivity contribution >= 4 is 0 Å². The highest BCUT2D eigenvalue weighted by molar-refractivity contribution is 4.94. The molecule has 0 saturated heterocycles. The summed E-state index contributed by atoms with van der Waals surface area (Å²) in [6.45, 7) is 17.4. The van der Waals surface area contributed by atoms with Crippen LogP contribution in [0.15, 0.2) is 24.3 Å². The van der Waals surface area contributed by atoms with Crippen molar-refractivity contribution in [3.05, 3.63) is 24.3 Å². The molecular weight excluding hydrogens is 424 g/mol. The molecule has 0 bridgehead atoms. The van der Waals surface area contributed by atoms with Gasteiger partial charge in [-0.15, -0.1) is 0 Å². The average molecular weight is 485 g/mol. The molecule has 0 aromatic rings. The molecule has 2 rings (SSSR count). The first-order valence-electron chi connectivity index (χ1n) is 14.0. The second-order valence-electron chi connectivity index (χ2n) is 11.1. The molecule has 0 aromatic carbocycles. The highest BCUT2D eigenvalue weighted by Gasteiger charge is 2.18. The van der Waals surface area contributed by atoms with Crippen molar-refractivity contribution in [1.29, 1.82) is 0 Å². The zero-order chi connectivity index (χ0) is 26.1. The summed E-state index contributed by atoms with van der Waals surface area (Å²) < 4.78 is 5.70. The van der Waals surface area contributed by atoms with Crippen LogP contribution in [0.3, 0.4) is 0 Å². The maximum atomic E-state index is 8.20. The molecule has 0 spiro atoms. The van der Waals surface area contributed by atoms with Crippen molar-refractivity contribution in [3.8, 4) is 0 Å². The van der Waals surface area contributed by atoms with Gasteiger partial charge in [-0.3, -0.25) is 0 Å². The second kappa shape index (κ2) is 24.0. The van der Waals surface area contributed by atoms with Crippen molar-refractivity contribution in [1.82, 2.24) is 0 Å². The van der Waals surface area contributed by atoms with Crippen molar-refractivity contribution in [2.45, 2.75) is 156 Å². The largest absolute Gasteiger partial charge is 0.396 e. The van der Waals surface area contributed by atoms with Gasteiger partial charge in [-0.2, -0.15) is 0 Å². The molecule has 1 N–H and O–H groups in total. The number of ether oxygens (including phenoxy) is 1. The van der Waals surface area contributed by atoms with E-state index in [1.807, 2.05) is 41.5 Å². The van der Waals surface area contributed by atoms with Gasteiger partial charge in [0.2, 0.25) is 0 Å². The van der Waals surface area contributed by atoms with Crippen LogP contribution in [0.4, 0.5) is 0 Å². The summed E-state index contributed by atoms with van der Waals surface area (Å²) in [4.78, 5) is 10.2. The van der Waals surface area contributed by atoms with Crippen LogP contribution in [0.25, 0.3) is 0 Å². The number of rotatable bonds is 9. The minimum atomic E-state index is -0.215. The molecule has 4 heteroatoms. The van der Waals surface area contributed by atoms with Crippen LogP contribution in [0.1, 0.15) is 139 Å². The molecule has 4 nitrogen and oxygen atoms in total. The van der Waals surface area contributed by atoms with Crippen LogP contribution in [0.2, 0.25) is 0 Å². The predicted molar refractivity (Wildman–Crippen MR) is 148 cm³/mol. The van der Waals surface area contributed by atoms with Gasteiger partial charge in [-0.05, 0) is 99.3 Å². The summed E-state index contributed by atoms with van der Waals surface area (Å²) in [6, 6.07) is 0. The second-order valence-corrected chi connectivity index (χ2v) is 11.1. The number of aliphatic hydroxyl groups excluding tert-OH is 1. The Bertz CT molecular complexity index is 431. The standard InChI is InChI=1S/C11H20O.C8H18O2.C6H10.C5H12O/c1-2-3-7-10-12-11-8-5-4-6-9-11;1-7(2,3)9-10-8(4,5)6;1-2-4-6-5-3-1;1-2-3-4-5-6/h5,8,11H,2-4,6-7,9-10H2,1H3;1-6H3;1-2H,3-6H2;6H,2-5H2,1H3. The number of allylic oxidation sites excluding steroid dienone is 3. The predicted octanol–water partition coefficient (Wildman–Crippen LogP) is 9.12. The highest BCUT2D eigenvalue weighted by atomic mass is 17.2. The quantitative estimate of drug-likeness (QED) is 0.153. The molecule has 0 fully saturated rings. The lowest BCUT2D eigenvalue weighted by molar-refractivity contribution is -0.393. The summed E-state index contributed by atoms with van der Waals surface area (Å²) in [5, 5.41) is 8.20. The lowest BCUT2D eigenvalue weighted by atomic mass is 10.1. The molecule has 1 unspecified atom stereocenters. The first-order valence-corrected chi connectivity index (χ1v) is 14.0. The zero-order valence-corrected chi connectivity index (χ0v) is 24.2. The Labute approximate surface area is 213 Å². The summed E-state index contributed by atoms with van der Waals surface area (Å²) in [5.41, 5.74) is -0.430. The van der Waals surface area contributed by atoms with Gasteiger partial charge in [-0.1, -0.05) is 63.8 Å². The maximum Gasteiger partial charge on any atom is 0.0952 e. The SMILES string of the molecule is C1=CCCCC1.CC(C)(C)OOC(C)(C)C.CCCCCO.CCCCCOC1C=CCCC1. The Morgan fingerprint density at radius 3 is 1.53 bits per heavy atom. The third-order valence-electron chi connectivity index (χ3n) is 4.75. The average Bonchev–Trinajstić information content (AvgIpc) is 2.81. The molecule has 0 heterocycles. The fourth-order valence-corrected chi connectivity index (χ4v) is 2.88. The summed E-state index contributed by atoms with van der Waals surface area (Å²) in [5.74, 6) is 0. The van der Waals surface area contributed by atoms with E-state index >= 15 is 0 Å².